The summed E-state index contributed by atoms with van der Waals surface area (Å²) < 4.78 is 3.31. The molecule has 0 aliphatic carbocycles. The Bertz CT molecular complexity index is 778. The standard InChI is InChI=1S/C16H14BrN3/c17-12-5-3-4-11(10-12)15-16-13(7-8-18-15)19-14-6-1-2-9-20(14)16/h1-6,9-10,15,18H,7-8H2. The molecular formula is C16H14BrN3. The van der Waals surface area contributed by atoms with Crippen LogP contribution in [-0.4, -0.2) is 15.9 Å². The molecule has 0 saturated carbocycles. The zero-order valence-electron chi connectivity index (χ0n) is 10.9. The molecule has 1 aromatic carbocycles. The van der Waals surface area contributed by atoms with E-state index in [0.717, 1.165) is 23.1 Å². The molecule has 0 amide bonds. The second kappa shape index (κ2) is 4.72. The highest BCUT2D eigenvalue weighted by Gasteiger charge is 2.26. The van der Waals surface area contributed by atoms with E-state index in [4.69, 9.17) is 4.98 Å². The van der Waals surface area contributed by atoms with Gasteiger partial charge in [-0.2, -0.15) is 0 Å². The summed E-state index contributed by atoms with van der Waals surface area (Å²) in [5.41, 5.74) is 4.78. The van der Waals surface area contributed by atoms with Crippen LogP contribution in [0.25, 0.3) is 5.65 Å². The molecule has 1 unspecified atom stereocenters. The average molecular weight is 328 g/mol. The number of hydrogen-bond acceptors (Lipinski definition) is 2. The highest BCUT2D eigenvalue weighted by molar-refractivity contribution is 9.10. The molecule has 100 valence electrons. The molecular weight excluding hydrogens is 314 g/mol. The van der Waals surface area contributed by atoms with Gasteiger partial charge in [0.1, 0.15) is 5.65 Å². The molecule has 20 heavy (non-hydrogen) atoms. The van der Waals surface area contributed by atoms with E-state index in [9.17, 15) is 0 Å². The van der Waals surface area contributed by atoms with Crippen LogP contribution in [0.5, 0.6) is 0 Å². The minimum absolute atomic E-state index is 0.202. The van der Waals surface area contributed by atoms with Crippen molar-refractivity contribution in [1.29, 1.82) is 0 Å². The van der Waals surface area contributed by atoms with Gasteiger partial charge in [-0.25, -0.2) is 4.98 Å². The molecule has 1 N–H and O–H groups in total. The van der Waals surface area contributed by atoms with E-state index in [1.807, 2.05) is 6.07 Å². The summed E-state index contributed by atoms with van der Waals surface area (Å²) in [7, 11) is 0. The van der Waals surface area contributed by atoms with E-state index in [1.54, 1.807) is 0 Å². The summed E-state index contributed by atoms with van der Waals surface area (Å²) in [6.45, 7) is 0.966. The van der Waals surface area contributed by atoms with Crippen LogP contribution in [-0.2, 0) is 6.42 Å². The van der Waals surface area contributed by atoms with E-state index in [2.05, 4.69) is 68.2 Å². The number of aromatic nitrogens is 2. The third-order valence-electron chi connectivity index (χ3n) is 3.81. The predicted octanol–water partition coefficient (Wildman–Crippen LogP) is 3.33. The van der Waals surface area contributed by atoms with Crippen molar-refractivity contribution in [2.45, 2.75) is 12.5 Å². The van der Waals surface area contributed by atoms with Crippen molar-refractivity contribution in [1.82, 2.24) is 14.7 Å². The van der Waals surface area contributed by atoms with Crippen LogP contribution in [0.4, 0.5) is 0 Å². The van der Waals surface area contributed by atoms with Crippen LogP contribution in [0.3, 0.4) is 0 Å². The summed E-state index contributed by atoms with van der Waals surface area (Å²) in [4.78, 5) is 4.76. The van der Waals surface area contributed by atoms with E-state index in [1.165, 1.54) is 17.0 Å². The Labute approximate surface area is 125 Å². The number of halogens is 1. The number of rotatable bonds is 1. The topological polar surface area (TPSA) is 29.3 Å². The largest absolute Gasteiger partial charge is 0.305 e. The van der Waals surface area contributed by atoms with Gasteiger partial charge in [0.2, 0.25) is 0 Å². The predicted molar refractivity (Wildman–Crippen MR) is 82.9 cm³/mol. The minimum atomic E-state index is 0.202. The number of fused-ring (bicyclic) bond motifs is 3. The molecule has 1 atom stereocenters. The van der Waals surface area contributed by atoms with Gasteiger partial charge in [0.15, 0.2) is 0 Å². The Morgan fingerprint density at radius 1 is 1.20 bits per heavy atom. The van der Waals surface area contributed by atoms with Crippen molar-refractivity contribution in [3.63, 3.8) is 0 Å². The lowest BCUT2D eigenvalue weighted by molar-refractivity contribution is 0.547. The van der Waals surface area contributed by atoms with Gasteiger partial charge < -0.3 is 9.72 Å². The van der Waals surface area contributed by atoms with Crippen molar-refractivity contribution in [2.75, 3.05) is 6.54 Å². The molecule has 0 fully saturated rings. The number of benzene rings is 1. The van der Waals surface area contributed by atoms with Gasteiger partial charge >= 0.3 is 0 Å². The lowest BCUT2D eigenvalue weighted by atomic mass is 9.98. The molecule has 0 spiro atoms. The van der Waals surface area contributed by atoms with E-state index in [0.29, 0.717) is 0 Å². The first kappa shape index (κ1) is 12.1. The quantitative estimate of drug-likeness (QED) is 0.742. The van der Waals surface area contributed by atoms with E-state index < -0.39 is 0 Å². The van der Waals surface area contributed by atoms with Crippen LogP contribution in [0.15, 0.2) is 53.1 Å². The maximum absolute atomic E-state index is 4.76. The first-order valence-electron chi connectivity index (χ1n) is 6.77. The van der Waals surface area contributed by atoms with Crippen LogP contribution in [0.1, 0.15) is 23.0 Å². The van der Waals surface area contributed by atoms with Crippen LogP contribution in [0.2, 0.25) is 0 Å². The minimum Gasteiger partial charge on any atom is -0.305 e. The normalized spacial score (nSPS) is 18.1. The van der Waals surface area contributed by atoms with Gasteiger partial charge in [-0.3, -0.25) is 0 Å². The second-order valence-corrected chi connectivity index (χ2v) is 5.98. The third kappa shape index (κ3) is 1.87. The summed E-state index contributed by atoms with van der Waals surface area (Å²) in [5, 5.41) is 3.62. The number of pyridine rings is 1. The van der Waals surface area contributed by atoms with Crippen molar-refractivity contribution in [3.8, 4) is 0 Å². The highest BCUT2D eigenvalue weighted by Crippen LogP contribution is 2.30. The van der Waals surface area contributed by atoms with Gasteiger partial charge in [-0.1, -0.05) is 34.1 Å². The Hall–Kier alpha value is -1.65. The first-order chi connectivity index (χ1) is 9.83. The average Bonchev–Trinajstić information content (AvgIpc) is 2.85. The van der Waals surface area contributed by atoms with Crippen molar-refractivity contribution < 1.29 is 0 Å². The smallest absolute Gasteiger partial charge is 0.137 e. The zero-order chi connectivity index (χ0) is 13.5. The maximum atomic E-state index is 4.76. The monoisotopic (exact) mass is 327 g/mol. The molecule has 4 rings (SSSR count). The molecule has 0 bridgehead atoms. The molecule has 0 saturated heterocycles. The van der Waals surface area contributed by atoms with Crippen molar-refractivity contribution in [2.24, 2.45) is 0 Å². The summed E-state index contributed by atoms with van der Waals surface area (Å²) in [6.07, 6.45) is 3.08. The highest BCUT2D eigenvalue weighted by atomic mass is 79.9. The van der Waals surface area contributed by atoms with Gasteiger partial charge in [0, 0.05) is 23.6 Å². The lowest BCUT2D eigenvalue weighted by Crippen LogP contribution is -2.31. The molecule has 1 aliphatic rings. The number of hydrogen-bond donors (Lipinski definition) is 1. The molecule has 4 heteroatoms. The molecule has 3 aromatic rings. The van der Waals surface area contributed by atoms with Gasteiger partial charge in [-0.15, -0.1) is 0 Å². The summed E-state index contributed by atoms with van der Waals surface area (Å²) in [5.74, 6) is 0. The van der Waals surface area contributed by atoms with E-state index >= 15 is 0 Å². The lowest BCUT2D eigenvalue weighted by Gasteiger charge is -2.24. The number of nitrogens with one attached hydrogen (secondary N) is 1. The Morgan fingerprint density at radius 3 is 3.05 bits per heavy atom. The number of nitrogens with zero attached hydrogens (tertiary/aromatic N) is 2. The fraction of sp³-hybridized carbons (Fsp3) is 0.188. The third-order valence-corrected chi connectivity index (χ3v) is 4.30. The van der Waals surface area contributed by atoms with Gasteiger partial charge in [0.25, 0.3) is 0 Å². The molecule has 0 radical (unpaired) electrons. The van der Waals surface area contributed by atoms with Crippen molar-refractivity contribution in [3.05, 3.63) is 70.1 Å². The zero-order valence-corrected chi connectivity index (χ0v) is 12.5. The summed E-state index contributed by atoms with van der Waals surface area (Å²) >= 11 is 3.56. The Kier molecular flexibility index (Phi) is 2.86. The first-order valence-corrected chi connectivity index (χ1v) is 7.57. The van der Waals surface area contributed by atoms with Gasteiger partial charge in [0.05, 0.1) is 17.4 Å². The van der Waals surface area contributed by atoms with Crippen LogP contribution in [0, 0.1) is 0 Å². The van der Waals surface area contributed by atoms with Crippen LogP contribution < -0.4 is 5.32 Å². The molecule has 3 nitrogen and oxygen atoms in total. The molecule has 3 heterocycles. The number of imidazole rings is 1. The Morgan fingerprint density at radius 2 is 2.15 bits per heavy atom. The molecule has 1 aliphatic heterocycles. The summed E-state index contributed by atoms with van der Waals surface area (Å²) in [6, 6.07) is 14.8. The maximum Gasteiger partial charge on any atom is 0.137 e. The van der Waals surface area contributed by atoms with Gasteiger partial charge in [-0.05, 0) is 29.8 Å². The molecule has 2 aromatic heterocycles. The SMILES string of the molecule is Brc1cccc(C2NCCc3nc4ccccn4c32)c1. The van der Waals surface area contributed by atoms with Crippen molar-refractivity contribution >= 4 is 21.6 Å². The Balaban J connectivity index is 1.93. The van der Waals surface area contributed by atoms with Crippen LogP contribution >= 0.6 is 15.9 Å². The second-order valence-electron chi connectivity index (χ2n) is 5.06. The van der Waals surface area contributed by atoms with E-state index in [-0.39, 0.29) is 6.04 Å². The fourth-order valence-corrected chi connectivity index (χ4v) is 3.36. The fourth-order valence-electron chi connectivity index (χ4n) is 2.95.